The quantitative estimate of drug-likeness (QED) is 0.831. The van der Waals surface area contributed by atoms with E-state index in [1.165, 1.54) is 25.7 Å². The van der Waals surface area contributed by atoms with Crippen molar-refractivity contribution in [2.45, 2.75) is 56.6 Å². The molecule has 2 heterocycles. The highest BCUT2D eigenvalue weighted by molar-refractivity contribution is 5.76. The number of hydrogen-bond acceptors (Lipinski definition) is 4. The smallest absolute Gasteiger partial charge is 0.222 e. The van der Waals surface area contributed by atoms with Gasteiger partial charge in [0.25, 0.3) is 0 Å². The van der Waals surface area contributed by atoms with Gasteiger partial charge in [-0.25, -0.2) is 0 Å². The van der Waals surface area contributed by atoms with Gasteiger partial charge in [0.2, 0.25) is 5.91 Å². The Labute approximate surface area is 127 Å². The fraction of sp³-hybridized carbons (Fsp3) is 0.938. The van der Waals surface area contributed by atoms with Crippen LogP contribution in [0.5, 0.6) is 0 Å². The molecule has 1 saturated carbocycles. The van der Waals surface area contributed by atoms with Crippen LogP contribution in [0.25, 0.3) is 0 Å². The first-order chi connectivity index (χ1) is 10.3. The number of rotatable bonds is 5. The minimum absolute atomic E-state index is 0.146. The Kier molecular flexibility index (Phi) is 5.14. The third-order valence-electron chi connectivity index (χ3n) is 5.27. The molecule has 21 heavy (non-hydrogen) atoms. The van der Waals surface area contributed by atoms with Crippen molar-refractivity contribution in [3.05, 3.63) is 0 Å². The lowest BCUT2D eigenvalue weighted by atomic mass is 9.94. The van der Waals surface area contributed by atoms with E-state index < -0.39 is 0 Å². The number of morpholine rings is 1. The summed E-state index contributed by atoms with van der Waals surface area (Å²) in [6.07, 6.45) is 7.75. The van der Waals surface area contributed by atoms with Crippen molar-refractivity contribution in [2.24, 2.45) is 0 Å². The van der Waals surface area contributed by atoms with Crippen LogP contribution >= 0.6 is 0 Å². The Morgan fingerprint density at radius 1 is 1.14 bits per heavy atom. The van der Waals surface area contributed by atoms with Crippen LogP contribution < -0.4 is 5.32 Å². The molecule has 0 unspecified atom stereocenters. The molecule has 5 heteroatoms. The zero-order valence-corrected chi connectivity index (χ0v) is 12.9. The Morgan fingerprint density at radius 3 is 2.57 bits per heavy atom. The van der Waals surface area contributed by atoms with Gasteiger partial charge < -0.3 is 14.8 Å². The normalized spacial score (nSPS) is 29.6. The second-order valence-electron chi connectivity index (χ2n) is 6.65. The molecule has 3 rings (SSSR count). The molecule has 1 N–H and O–H groups in total. The Hall–Kier alpha value is -0.650. The second kappa shape index (κ2) is 7.07. The number of hydrogen-bond donors (Lipinski definition) is 1. The summed E-state index contributed by atoms with van der Waals surface area (Å²) < 4.78 is 11.0. The molecule has 0 aromatic rings. The van der Waals surface area contributed by atoms with E-state index in [-0.39, 0.29) is 17.6 Å². The van der Waals surface area contributed by atoms with Gasteiger partial charge in [-0.3, -0.25) is 9.69 Å². The topological polar surface area (TPSA) is 50.8 Å². The van der Waals surface area contributed by atoms with Crippen LogP contribution in [0.4, 0.5) is 0 Å². The van der Waals surface area contributed by atoms with Crippen LogP contribution in [0, 0.1) is 0 Å². The monoisotopic (exact) mass is 296 g/mol. The molecule has 0 bridgehead atoms. The number of carbonyl (C=O) groups excluding carboxylic acids is 1. The second-order valence-corrected chi connectivity index (χ2v) is 6.65. The van der Waals surface area contributed by atoms with Crippen molar-refractivity contribution in [3.63, 3.8) is 0 Å². The number of carbonyl (C=O) groups is 1. The molecule has 1 amide bonds. The molecule has 0 aromatic heterocycles. The fourth-order valence-corrected chi connectivity index (χ4v) is 4.02. The van der Waals surface area contributed by atoms with Gasteiger partial charge in [0.15, 0.2) is 0 Å². The maximum atomic E-state index is 12.1. The van der Waals surface area contributed by atoms with E-state index in [4.69, 9.17) is 9.47 Å². The molecule has 0 aromatic carbocycles. The summed E-state index contributed by atoms with van der Waals surface area (Å²) in [4.78, 5) is 14.7. The largest absolute Gasteiger partial charge is 0.379 e. The molecule has 0 radical (unpaired) electrons. The predicted octanol–water partition coefficient (Wildman–Crippen LogP) is 1.32. The Balaban J connectivity index is 1.51. The molecule has 1 aliphatic carbocycles. The van der Waals surface area contributed by atoms with Crippen LogP contribution in [0.3, 0.4) is 0 Å². The van der Waals surface area contributed by atoms with Gasteiger partial charge in [-0.05, 0) is 25.7 Å². The van der Waals surface area contributed by atoms with Crippen molar-refractivity contribution in [3.8, 4) is 0 Å². The maximum absolute atomic E-state index is 12.1. The number of ether oxygens (including phenoxy) is 2. The lowest BCUT2D eigenvalue weighted by molar-refractivity contribution is -0.124. The number of nitrogens with zero attached hydrogens (tertiary/aromatic N) is 1. The predicted molar refractivity (Wildman–Crippen MR) is 80.2 cm³/mol. The summed E-state index contributed by atoms with van der Waals surface area (Å²) in [7, 11) is 0. The number of amides is 1. The maximum Gasteiger partial charge on any atom is 0.222 e. The van der Waals surface area contributed by atoms with E-state index in [9.17, 15) is 4.79 Å². The zero-order chi connectivity index (χ0) is 14.5. The highest BCUT2D eigenvalue weighted by atomic mass is 16.5. The van der Waals surface area contributed by atoms with E-state index in [0.717, 1.165) is 52.3 Å². The number of nitrogens with one attached hydrogen (secondary N) is 1. The lowest BCUT2D eigenvalue weighted by Gasteiger charge is -2.43. The summed E-state index contributed by atoms with van der Waals surface area (Å²) in [6.45, 7) is 5.26. The minimum atomic E-state index is 0.146. The zero-order valence-electron chi connectivity index (χ0n) is 12.9. The Morgan fingerprint density at radius 2 is 1.90 bits per heavy atom. The highest BCUT2D eigenvalue weighted by Crippen LogP contribution is 2.35. The SMILES string of the molecule is O=C(C[C@@H]1CCCO1)NCC1(N2CCOCC2)CCCC1. The van der Waals surface area contributed by atoms with Crippen LogP contribution in [0.15, 0.2) is 0 Å². The van der Waals surface area contributed by atoms with Crippen LogP contribution in [0.1, 0.15) is 44.9 Å². The van der Waals surface area contributed by atoms with Gasteiger partial charge in [-0.15, -0.1) is 0 Å². The molecule has 2 aliphatic heterocycles. The van der Waals surface area contributed by atoms with E-state index in [1.807, 2.05) is 0 Å². The summed E-state index contributed by atoms with van der Waals surface area (Å²) in [5, 5.41) is 3.19. The third kappa shape index (κ3) is 3.76. The van der Waals surface area contributed by atoms with E-state index >= 15 is 0 Å². The lowest BCUT2D eigenvalue weighted by Crippen LogP contribution is -2.57. The first-order valence-electron chi connectivity index (χ1n) is 8.50. The van der Waals surface area contributed by atoms with Crippen LogP contribution in [0.2, 0.25) is 0 Å². The highest BCUT2D eigenvalue weighted by Gasteiger charge is 2.40. The third-order valence-corrected chi connectivity index (χ3v) is 5.27. The average Bonchev–Trinajstić information content (AvgIpc) is 3.18. The molecule has 1 atom stereocenters. The summed E-state index contributed by atoms with van der Waals surface area (Å²) in [5.41, 5.74) is 0.177. The summed E-state index contributed by atoms with van der Waals surface area (Å²) >= 11 is 0. The molecular formula is C16H28N2O3. The van der Waals surface area contributed by atoms with Gasteiger partial charge in [0.1, 0.15) is 0 Å². The van der Waals surface area contributed by atoms with Crippen molar-refractivity contribution in [1.82, 2.24) is 10.2 Å². The van der Waals surface area contributed by atoms with Crippen molar-refractivity contribution in [2.75, 3.05) is 39.5 Å². The van der Waals surface area contributed by atoms with Gasteiger partial charge in [-0.2, -0.15) is 0 Å². The van der Waals surface area contributed by atoms with Crippen LogP contribution in [-0.4, -0.2) is 61.9 Å². The van der Waals surface area contributed by atoms with E-state index in [2.05, 4.69) is 10.2 Å². The standard InChI is InChI=1S/C16H28N2O3/c19-15(12-14-4-3-9-21-14)17-13-16(5-1-2-6-16)18-7-10-20-11-8-18/h14H,1-13H2,(H,17,19)/t14-/m0/s1. The van der Waals surface area contributed by atoms with Gasteiger partial charge >= 0.3 is 0 Å². The molecule has 2 saturated heterocycles. The molecule has 5 nitrogen and oxygen atoms in total. The van der Waals surface area contributed by atoms with Crippen LogP contribution in [-0.2, 0) is 14.3 Å². The summed E-state index contributed by atoms with van der Waals surface area (Å²) in [6, 6.07) is 0. The molecular weight excluding hydrogens is 268 g/mol. The van der Waals surface area contributed by atoms with Crippen molar-refractivity contribution < 1.29 is 14.3 Å². The Bertz CT molecular complexity index is 343. The molecule has 0 spiro atoms. The average molecular weight is 296 g/mol. The summed E-state index contributed by atoms with van der Waals surface area (Å²) in [5.74, 6) is 0.154. The van der Waals surface area contributed by atoms with E-state index in [1.54, 1.807) is 0 Å². The van der Waals surface area contributed by atoms with Crippen molar-refractivity contribution >= 4 is 5.91 Å². The van der Waals surface area contributed by atoms with Gasteiger partial charge in [-0.1, -0.05) is 12.8 Å². The first kappa shape index (κ1) is 15.3. The first-order valence-corrected chi connectivity index (χ1v) is 8.50. The van der Waals surface area contributed by atoms with Gasteiger partial charge in [0.05, 0.1) is 25.7 Å². The van der Waals surface area contributed by atoms with Gasteiger partial charge in [0, 0.05) is 31.8 Å². The molecule has 120 valence electrons. The fourth-order valence-electron chi connectivity index (χ4n) is 4.02. The minimum Gasteiger partial charge on any atom is -0.379 e. The molecule has 3 aliphatic rings. The van der Waals surface area contributed by atoms with E-state index in [0.29, 0.717) is 6.42 Å². The van der Waals surface area contributed by atoms with Crippen molar-refractivity contribution in [1.29, 1.82) is 0 Å². The molecule has 3 fully saturated rings.